The molecule has 0 radical (unpaired) electrons. The van der Waals surface area contributed by atoms with E-state index in [0.717, 1.165) is 15.6 Å². The molecule has 0 heterocycles. The van der Waals surface area contributed by atoms with Crippen molar-refractivity contribution in [3.05, 3.63) is 64.1 Å². The maximum absolute atomic E-state index is 12.8. The summed E-state index contributed by atoms with van der Waals surface area (Å²) in [5.74, 6) is 0.199. The van der Waals surface area contributed by atoms with Crippen molar-refractivity contribution >= 4 is 27.7 Å². The van der Waals surface area contributed by atoms with E-state index < -0.39 is 6.04 Å². The first-order chi connectivity index (χ1) is 12.4. The molecule has 2 aromatic rings. The van der Waals surface area contributed by atoms with Crippen LogP contribution in [0, 0.1) is 6.92 Å². The third-order valence-corrected chi connectivity index (χ3v) is 4.59. The van der Waals surface area contributed by atoms with Gasteiger partial charge in [-0.1, -0.05) is 46.3 Å². The zero-order valence-corrected chi connectivity index (χ0v) is 16.7. The van der Waals surface area contributed by atoms with Crippen molar-refractivity contribution in [2.45, 2.75) is 26.4 Å². The highest BCUT2D eigenvalue weighted by Gasteiger charge is 2.26. The van der Waals surface area contributed by atoms with Gasteiger partial charge in [0.15, 0.2) is 6.61 Å². The molecule has 2 amide bonds. The molecule has 5 nitrogen and oxygen atoms in total. The highest BCUT2D eigenvalue weighted by Crippen LogP contribution is 2.18. The number of halogens is 1. The minimum absolute atomic E-state index is 0.125. The van der Waals surface area contributed by atoms with Gasteiger partial charge in [-0.3, -0.25) is 9.59 Å². The summed E-state index contributed by atoms with van der Waals surface area (Å²) in [4.78, 5) is 26.4. The lowest BCUT2D eigenvalue weighted by atomic mass is 10.1. The number of benzene rings is 2. The van der Waals surface area contributed by atoms with E-state index in [-0.39, 0.29) is 18.4 Å². The van der Waals surface area contributed by atoms with Crippen LogP contribution in [0.1, 0.15) is 18.1 Å². The van der Waals surface area contributed by atoms with Crippen LogP contribution in [0.4, 0.5) is 0 Å². The molecule has 0 saturated carbocycles. The number of ether oxygens (including phenoxy) is 1. The number of rotatable bonds is 7. The topological polar surface area (TPSA) is 58.6 Å². The van der Waals surface area contributed by atoms with E-state index >= 15 is 0 Å². The Morgan fingerprint density at radius 1 is 1.19 bits per heavy atom. The Bertz CT molecular complexity index is 779. The smallest absolute Gasteiger partial charge is 0.261 e. The largest absolute Gasteiger partial charge is 0.484 e. The Hall–Kier alpha value is -2.34. The number of likely N-dealkylation sites (N-methyl/N-ethyl adjacent to an activating group) is 1. The Balaban J connectivity index is 2.15. The highest BCUT2D eigenvalue weighted by molar-refractivity contribution is 9.10. The normalized spacial score (nSPS) is 11.5. The van der Waals surface area contributed by atoms with Crippen molar-refractivity contribution in [1.82, 2.24) is 10.2 Å². The molecule has 1 unspecified atom stereocenters. The fourth-order valence-corrected chi connectivity index (χ4v) is 3.01. The quantitative estimate of drug-likeness (QED) is 0.750. The van der Waals surface area contributed by atoms with Crippen LogP contribution in [0.25, 0.3) is 0 Å². The van der Waals surface area contributed by atoms with E-state index in [4.69, 9.17) is 4.74 Å². The second kappa shape index (κ2) is 9.38. The number of carbonyl (C=O) groups excluding carboxylic acids is 2. The van der Waals surface area contributed by atoms with Crippen molar-refractivity contribution in [1.29, 1.82) is 0 Å². The second-order valence-electron chi connectivity index (χ2n) is 6.00. The molecule has 1 atom stereocenters. The molecule has 138 valence electrons. The summed E-state index contributed by atoms with van der Waals surface area (Å²) >= 11 is 3.43. The van der Waals surface area contributed by atoms with Gasteiger partial charge in [0, 0.05) is 18.1 Å². The highest BCUT2D eigenvalue weighted by atomic mass is 79.9. The van der Waals surface area contributed by atoms with Gasteiger partial charge in [0.1, 0.15) is 11.8 Å². The molecule has 0 saturated heterocycles. The van der Waals surface area contributed by atoms with E-state index in [9.17, 15) is 9.59 Å². The van der Waals surface area contributed by atoms with E-state index in [1.165, 1.54) is 4.90 Å². The van der Waals surface area contributed by atoms with Crippen LogP contribution in [0.15, 0.2) is 53.0 Å². The fourth-order valence-electron chi connectivity index (χ4n) is 2.56. The van der Waals surface area contributed by atoms with Gasteiger partial charge >= 0.3 is 0 Å². The molecular weight excluding hydrogens is 396 g/mol. The summed E-state index contributed by atoms with van der Waals surface area (Å²) in [7, 11) is 1.56. The maximum Gasteiger partial charge on any atom is 0.261 e. The van der Waals surface area contributed by atoms with Crippen LogP contribution in [0.5, 0.6) is 5.75 Å². The number of aryl methyl sites for hydroxylation is 1. The molecule has 2 aromatic carbocycles. The van der Waals surface area contributed by atoms with Gasteiger partial charge in [0.05, 0.1) is 0 Å². The van der Waals surface area contributed by atoms with Gasteiger partial charge in [-0.2, -0.15) is 0 Å². The number of para-hydroxylation sites is 1. The zero-order chi connectivity index (χ0) is 19.1. The van der Waals surface area contributed by atoms with Crippen LogP contribution in [-0.2, 0) is 16.1 Å². The Kier molecular flexibility index (Phi) is 7.21. The van der Waals surface area contributed by atoms with Crippen molar-refractivity contribution in [3.63, 3.8) is 0 Å². The van der Waals surface area contributed by atoms with Gasteiger partial charge in [0.25, 0.3) is 5.91 Å². The first-order valence-corrected chi connectivity index (χ1v) is 9.15. The minimum Gasteiger partial charge on any atom is -0.484 e. The molecule has 6 heteroatoms. The second-order valence-corrected chi connectivity index (χ2v) is 6.91. The molecular formula is C20H23BrN2O3. The standard InChI is InChI=1S/C20H23BrN2O3/c1-14-7-4-5-10-18(14)26-13-19(24)23(15(2)20(25)22-3)12-16-8-6-9-17(21)11-16/h4-11,15H,12-13H2,1-3H3,(H,22,25). The number of amides is 2. The van der Waals surface area contributed by atoms with Crippen LogP contribution >= 0.6 is 15.9 Å². The summed E-state index contributed by atoms with van der Waals surface area (Å²) in [6, 6.07) is 14.6. The van der Waals surface area contributed by atoms with Gasteiger partial charge in [-0.15, -0.1) is 0 Å². The zero-order valence-electron chi connectivity index (χ0n) is 15.2. The Morgan fingerprint density at radius 3 is 2.58 bits per heavy atom. The molecule has 26 heavy (non-hydrogen) atoms. The summed E-state index contributed by atoms with van der Waals surface area (Å²) in [5.41, 5.74) is 1.89. The third-order valence-electron chi connectivity index (χ3n) is 4.10. The monoisotopic (exact) mass is 418 g/mol. The van der Waals surface area contributed by atoms with Gasteiger partial charge in [-0.05, 0) is 43.2 Å². The van der Waals surface area contributed by atoms with Gasteiger partial charge in [-0.25, -0.2) is 0 Å². The number of hydrogen-bond acceptors (Lipinski definition) is 3. The van der Waals surface area contributed by atoms with Crippen LogP contribution in [-0.4, -0.2) is 36.4 Å². The van der Waals surface area contributed by atoms with Crippen LogP contribution < -0.4 is 10.1 Å². The fraction of sp³-hybridized carbons (Fsp3) is 0.300. The number of hydrogen-bond donors (Lipinski definition) is 1. The van der Waals surface area contributed by atoms with Gasteiger partial charge < -0.3 is 15.0 Å². The molecule has 1 N–H and O–H groups in total. The first kappa shape index (κ1) is 20.0. The lowest BCUT2D eigenvalue weighted by molar-refractivity contribution is -0.142. The summed E-state index contributed by atoms with van der Waals surface area (Å²) in [6.07, 6.45) is 0. The minimum atomic E-state index is -0.605. The molecule has 0 aliphatic heterocycles. The van der Waals surface area contributed by atoms with E-state index in [0.29, 0.717) is 12.3 Å². The summed E-state index contributed by atoms with van der Waals surface area (Å²) in [6.45, 7) is 3.83. The van der Waals surface area contributed by atoms with E-state index in [1.54, 1.807) is 14.0 Å². The van der Waals surface area contributed by atoms with Crippen molar-refractivity contribution in [2.24, 2.45) is 0 Å². The predicted octanol–water partition coefficient (Wildman–Crippen LogP) is 3.30. The average Bonchev–Trinajstić information content (AvgIpc) is 2.64. The van der Waals surface area contributed by atoms with Crippen molar-refractivity contribution in [2.75, 3.05) is 13.7 Å². The average molecular weight is 419 g/mol. The molecule has 0 fully saturated rings. The van der Waals surface area contributed by atoms with Crippen molar-refractivity contribution < 1.29 is 14.3 Å². The summed E-state index contributed by atoms with van der Waals surface area (Å²) < 4.78 is 6.59. The number of carbonyl (C=O) groups is 2. The Morgan fingerprint density at radius 2 is 1.92 bits per heavy atom. The maximum atomic E-state index is 12.8. The van der Waals surface area contributed by atoms with Crippen LogP contribution in [0.2, 0.25) is 0 Å². The van der Waals surface area contributed by atoms with E-state index in [1.807, 2.05) is 55.5 Å². The molecule has 2 rings (SSSR count). The molecule has 0 aliphatic rings. The molecule has 0 aromatic heterocycles. The van der Waals surface area contributed by atoms with Crippen LogP contribution in [0.3, 0.4) is 0 Å². The third kappa shape index (κ3) is 5.33. The van der Waals surface area contributed by atoms with Gasteiger partial charge in [0.2, 0.25) is 5.91 Å². The Labute approximate surface area is 162 Å². The molecule has 0 aliphatic carbocycles. The number of nitrogens with zero attached hydrogens (tertiary/aromatic N) is 1. The summed E-state index contributed by atoms with van der Waals surface area (Å²) in [5, 5.41) is 2.60. The predicted molar refractivity (Wildman–Crippen MR) is 105 cm³/mol. The SMILES string of the molecule is CNC(=O)C(C)N(Cc1cccc(Br)c1)C(=O)COc1ccccc1C. The van der Waals surface area contributed by atoms with Crippen molar-refractivity contribution in [3.8, 4) is 5.75 Å². The molecule has 0 spiro atoms. The lowest BCUT2D eigenvalue weighted by Gasteiger charge is -2.28. The number of nitrogens with one attached hydrogen (secondary N) is 1. The lowest BCUT2D eigenvalue weighted by Crippen LogP contribution is -2.48. The first-order valence-electron chi connectivity index (χ1n) is 8.36. The molecule has 0 bridgehead atoms. The van der Waals surface area contributed by atoms with E-state index in [2.05, 4.69) is 21.2 Å².